The Labute approximate surface area is 126 Å². The largest absolute Gasteiger partial charge is 0.383 e. The lowest BCUT2D eigenvalue weighted by atomic mass is 9.99. The molecular weight excluding hydrogens is 286 g/mol. The first kappa shape index (κ1) is 15.5. The van der Waals surface area contributed by atoms with E-state index in [2.05, 4.69) is 10.4 Å². The van der Waals surface area contributed by atoms with E-state index in [0.29, 0.717) is 11.3 Å². The Kier molecular flexibility index (Phi) is 4.10. The molecule has 1 heterocycles. The third-order valence-corrected chi connectivity index (χ3v) is 3.28. The summed E-state index contributed by atoms with van der Waals surface area (Å²) in [5, 5.41) is 37.2. The van der Waals surface area contributed by atoms with Crippen LogP contribution in [0.5, 0.6) is 0 Å². The smallest absolute Gasteiger partial charge is 0.270 e. The normalized spacial score (nSPS) is 13.2. The number of nitriles is 1. The second-order valence-corrected chi connectivity index (χ2v) is 5.13. The Balaban J connectivity index is 2.18. The molecule has 8 heteroatoms. The van der Waals surface area contributed by atoms with Gasteiger partial charge in [-0.3, -0.25) is 14.8 Å². The molecule has 2 rings (SSSR count). The zero-order chi connectivity index (χ0) is 16.3. The van der Waals surface area contributed by atoms with E-state index in [1.165, 1.54) is 18.2 Å². The molecule has 0 amide bonds. The highest BCUT2D eigenvalue weighted by Crippen LogP contribution is 2.24. The first-order valence-electron chi connectivity index (χ1n) is 6.47. The average molecular weight is 301 g/mol. The highest BCUT2D eigenvalue weighted by Gasteiger charge is 2.25. The molecule has 0 saturated heterocycles. The van der Waals surface area contributed by atoms with E-state index in [9.17, 15) is 15.2 Å². The summed E-state index contributed by atoms with van der Waals surface area (Å²) in [6.07, 6.45) is 3.26. The number of aromatic nitrogens is 2. The molecule has 0 radical (unpaired) electrons. The third-order valence-electron chi connectivity index (χ3n) is 3.28. The molecule has 0 aliphatic heterocycles. The molecule has 0 aliphatic carbocycles. The summed E-state index contributed by atoms with van der Waals surface area (Å²) in [6, 6.07) is 5.86. The summed E-state index contributed by atoms with van der Waals surface area (Å²) in [7, 11) is 1.75. The summed E-state index contributed by atoms with van der Waals surface area (Å²) in [5.74, 6) is 0. The SMILES string of the molecule is Cn1cc(C(C)(O)CNc2ccc([N+](=O)[O-])cc2C#N)cn1. The average Bonchev–Trinajstić information content (AvgIpc) is 2.92. The van der Waals surface area contributed by atoms with E-state index in [0.717, 1.165) is 0 Å². The standard InChI is InChI=1S/C14H15N5O3/c1-14(20,11-7-17-18(2)8-11)9-16-13-4-3-12(19(21)22)5-10(13)6-15/h3-5,7-8,16,20H,9H2,1-2H3. The lowest BCUT2D eigenvalue weighted by Gasteiger charge is -2.23. The molecule has 0 bridgehead atoms. The summed E-state index contributed by atoms with van der Waals surface area (Å²) in [4.78, 5) is 10.2. The van der Waals surface area contributed by atoms with Gasteiger partial charge in [-0.05, 0) is 13.0 Å². The van der Waals surface area contributed by atoms with Crippen LogP contribution < -0.4 is 5.32 Å². The summed E-state index contributed by atoms with van der Waals surface area (Å²) >= 11 is 0. The molecule has 0 spiro atoms. The van der Waals surface area contributed by atoms with Gasteiger partial charge in [0.05, 0.1) is 22.4 Å². The second-order valence-electron chi connectivity index (χ2n) is 5.13. The number of aryl methyl sites for hydroxylation is 1. The fourth-order valence-corrected chi connectivity index (χ4v) is 1.96. The number of nitrogens with one attached hydrogen (secondary N) is 1. The lowest BCUT2D eigenvalue weighted by molar-refractivity contribution is -0.384. The van der Waals surface area contributed by atoms with E-state index in [4.69, 9.17) is 5.26 Å². The maximum Gasteiger partial charge on any atom is 0.270 e. The van der Waals surface area contributed by atoms with Gasteiger partial charge in [-0.2, -0.15) is 10.4 Å². The number of nitro benzene ring substituents is 1. The summed E-state index contributed by atoms with van der Waals surface area (Å²) < 4.78 is 1.58. The Bertz CT molecular complexity index is 745. The van der Waals surface area contributed by atoms with Crippen molar-refractivity contribution >= 4 is 11.4 Å². The molecule has 8 nitrogen and oxygen atoms in total. The Hall–Kier alpha value is -2.92. The number of aliphatic hydroxyl groups is 1. The third kappa shape index (κ3) is 3.21. The molecule has 0 fully saturated rings. The predicted molar refractivity (Wildman–Crippen MR) is 79.1 cm³/mol. The molecule has 22 heavy (non-hydrogen) atoms. The minimum atomic E-state index is -1.19. The highest BCUT2D eigenvalue weighted by molar-refractivity contribution is 5.61. The molecule has 0 aliphatic rings. The number of anilines is 1. The van der Waals surface area contributed by atoms with Crippen molar-refractivity contribution < 1.29 is 10.0 Å². The maximum absolute atomic E-state index is 10.7. The number of hydrogen-bond donors (Lipinski definition) is 2. The lowest BCUT2D eigenvalue weighted by Crippen LogP contribution is -2.30. The van der Waals surface area contributed by atoms with E-state index >= 15 is 0 Å². The van der Waals surface area contributed by atoms with Crippen molar-refractivity contribution in [1.29, 1.82) is 5.26 Å². The zero-order valence-corrected chi connectivity index (χ0v) is 12.1. The number of hydrogen-bond acceptors (Lipinski definition) is 6. The van der Waals surface area contributed by atoms with Crippen LogP contribution >= 0.6 is 0 Å². The van der Waals surface area contributed by atoms with E-state index in [-0.39, 0.29) is 17.8 Å². The second kappa shape index (κ2) is 5.83. The molecule has 1 unspecified atom stereocenters. The van der Waals surface area contributed by atoms with Gasteiger partial charge in [-0.15, -0.1) is 0 Å². The van der Waals surface area contributed by atoms with Crippen LogP contribution in [0.2, 0.25) is 0 Å². The molecule has 2 N–H and O–H groups in total. The summed E-state index contributed by atoms with van der Waals surface area (Å²) in [6.45, 7) is 1.75. The molecule has 0 saturated carbocycles. The fourth-order valence-electron chi connectivity index (χ4n) is 1.96. The van der Waals surface area contributed by atoms with E-state index in [1.54, 1.807) is 31.0 Å². The van der Waals surface area contributed by atoms with Crippen molar-refractivity contribution in [3.63, 3.8) is 0 Å². The Morgan fingerprint density at radius 2 is 2.32 bits per heavy atom. The monoisotopic (exact) mass is 301 g/mol. The van der Waals surface area contributed by atoms with Crippen LogP contribution in [-0.2, 0) is 12.6 Å². The van der Waals surface area contributed by atoms with Crippen LogP contribution in [0.25, 0.3) is 0 Å². The molecule has 1 aromatic carbocycles. The van der Waals surface area contributed by atoms with Gasteiger partial charge >= 0.3 is 0 Å². The molecular formula is C14H15N5O3. The van der Waals surface area contributed by atoms with Gasteiger partial charge in [-0.1, -0.05) is 0 Å². The van der Waals surface area contributed by atoms with Crippen LogP contribution in [-0.4, -0.2) is 26.4 Å². The molecule has 114 valence electrons. The first-order valence-corrected chi connectivity index (χ1v) is 6.47. The van der Waals surface area contributed by atoms with Crippen LogP contribution in [0.4, 0.5) is 11.4 Å². The van der Waals surface area contributed by atoms with Crippen molar-refractivity contribution in [2.24, 2.45) is 7.05 Å². The van der Waals surface area contributed by atoms with E-state index < -0.39 is 10.5 Å². The quantitative estimate of drug-likeness (QED) is 0.638. The summed E-state index contributed by atoms with van der Waals surface area (Å²) in [5.41, 5.74) is -0.138. The topological polar surface area (TPSA) is 117 Å². The van der Waals surface area contributed by atoms with Gasteiger partial charge in [0.25, 0.3) is 5.69 Å². The molecule has 1 atom stereocenters. The number of rotatable bonds is 5. The number of nitrogens with zero attached hydrogens (tertiary/aromatic N) is 4. The maximum atomic E-state index is 10.7. The fraction of sp³-hybridized carbons (Fsp3) is 0.286. The first-order chi connectivity index (χ1) is 10.3. The van der Waals surface area contributed by atoms with Crippen LogP contribution in [0.1, 0.15) is 18.1 Å². The Morgan fingerprint density at radius 1 is 1.59 bits per heavy atom. The van der Waals surface area contributed by atoms with Gasteiger partial charge in [0, 0.05) is 37.5 Å². The minimum Gasteiger partial charge on any atom is -0.383 e. The van der Waals surface area contributed by atoms with Crippen molar-refractivity contribution in [2.45, 2.75) is 12.5 Å². The number of non-ortho nitro benzene ring substituents is 1. The van der Waals surface area contributed by atoms with Crippen molar-refractivity contribution in [3.05, 3.63) is 51.8 Å². The Morgan fingerprint density at radius 3 is 2.86 bits per heavy atom. The van der Waals surface area contributed by atoms with Gasteiger partial charge in [0.1, 0.15) is 11.7 Å². The molecule has 2 aromatic rings. The highest BCUT2D eigenvalue weighted by atomic mass is 16.6. The van der Waals surface area contributed by atoms with Crippen molar-refractivity contribution in [1.82, 2.24) is 9.78 Å². The van der Waals surface area contributed by atoms with Crippen LogP contribution in [0, 0.1) is 21.4 Å². The van der Waals surface area contributed by atoms with Gasteiger partial charge in [0.15, 0.2) is 0 Å². The van der Waals surface area contributed by atoms with Gasteiger partial charge < -0.3 is 10.4 Å². The molecule has 1 aromatic heterocycles. The van der Waals surface area contributed by atoms with E-state index in [1.807, 2.05) is 6.07 Å². The minimum absolute atomic E-state index is 0.130. The van der Waals surface area contributed by atoms with Gasteiger partial charge in [0.2, 0.25) is 0 Å². The number of benzene rings is 1. The van der Waals surface area contributed by atoms with Gasteiger partial charge in [-0.25, -0.2) is 0 Å². The van der Waals surface area contributed by atoms with Crippen LogP contribution in [0.15, 0.2) is 30.6 Å². The van der Waals surface area contributed by atoms with Crippen molar-refractivity contribution in [3.8, 4) is 6.07 Å². The predicted octanol–water partition coefficient (Wildman–Crippen LogP) is 1.52. The van der Waals surface area contributed by atoms with Crippen molar-refractivity contribution in [2.75, 3.05) is 11.9 Å². The van der Waals surface area contributed by atoms with Crippen LogP contribution in [0.3, 0.4) is 0 Å². The zero-order valence-electron chi connectivity index (χ0n) is 12.1. The number of nitro groups is 1.